The SMILES string of the molecule is Cc1oncc1C(O)C(C#N)C(=O)Nc1ccc(S(=O)[O-])cc1. The number of hydrogen-bond donors (Lipinski definition) is 2. The molecular formula is C14H12N3O5S-. The molecule has 3 atom stereocenters. The molecule has 120 valence electrons. The highest BCUT2D eigenvalue weighted by molar-refractivity contribution is 7.79. The van der Waals surface area contributed by atoms with E-state index in [1.165, 1.54) is 30.5 Å². The van der Waals surface area contributed by atoms with Crippen LogP contribution in [0.25, 0.3) is 0 Å². The molecule has 0 aliphatic carbocycles. The molecule has 0 radical (unpaired) electrons. The molecule has 0 bridgehead atoms. The Morgan fingerprint density at radius 2 is 2.13 bits per heavy atom. The third-order valence-electron chi connectivity index (χ3n) is 3.16. The molecule has 0 aliphatic rings. The molecule has 2 aromatic rings. The quantitative estimate of drug-likeness (QED) is 0.778. The fourth-order valence-electron chi connectivity index (χ4n) is 1.91. The summed E-state index contributed by atoms with van der Waals surface area (Å²) in [6.45, 7) is 1.56. The second-order valence-electron chi connectivity index (χ2n) is 4.64. The monoisotopic (exact) mass is 334 g/mol. The van der Waals surface area contributed by atoms with Gasteiger partial charge >= 0.3 is 0 Å². The summed E-state index contributed by atoms with van der Waals surface area (Å²) in [5.41, 5.74) is 0.558. The number of aryl methyl sites for hydroxylation is 1. The normalized spacial score (nSPS) is 14.5. The van der Waals surface area contributed by atoms with Gasteiger partial charge in [0, 0.05) is 16.1 Å². The van der Waals surface area contributed by atoms with Gasteiger partial charge in [0.25, 0.3) is 0 Å². The van der Waals surface area contributed by atoms with E-state index in [9.17, 15) is 18.7 Å². The van der Waals surface area contributed by atoms with Crippen molar-refractivity contribution in [2.45, 2.75) is 17.9 Å². The predicted octanol–water partition coefficient (Wildman–Crippen LogP) is 1.03. The molecule has 0 fully saturated rings. The first-order chi connectivity index (χ1) is 10.9. The third kappa shape index (κ3) is 3.81. The molecule has 3 unspecified atom stereocenters. The maximum absolute atomic E-state index is 12.1. The molecule has 0 saturated heterocycles. The Bertz CT molecular complexity index is 765. The average Bonchev–Trinajstić information content (AvgIpc) is 2.94. The number of hydrogen-bond acceptors (Lipinski definition) is 7. The van der Waals surface area contributed by atoms with Gasteiger partial charge in [0.15, 0.2) is 5.92 Å². The van der Waals surface area contributed by atoms with Crippen molar-refractivity contribution in [3.63, 3.8) is 0 Å². The zero-order chi connectivity index (χ0) is 17.0. The molecule has 1 aromatic heterocycles. The summed E-state index contributed by atoms with van der Waals surface area (Å²) in [6.07, 6.45) is -0.143. The number of rotatable bonds is 5. The van der Waals surface area contributed by atoms with E-state index in [0.717, 1.165) is 0 Å². The highest BCUT2D eigenvalue weighted by Crippen LogP contribution is 2.25. The van der Waals surface area contributed by atoms with Crippen LogP contribution in [0.4, 0.5) is 5.69 Å². The zero-order valence-corrected chi connectivity index (χ0v) is 12.7. The van der Waals surface area contributed by atoms with Gasteiger partial charge in [-0.15, -0.1) is 0 Å². The number of amides is 1. The van der Waals surface area contributed by atoms with E-state index < -0.39 is 29.0 Å². The number of nitrogens with zero attached hydrogens (tertiary/aromatic N) is 2. The minimum absolute atomic E-state index is 0.0694. The summed E-state index contributed by atoms with van der Waals surface area (Å²) in [7, 11) is 0. The summed E-state index contributed by atoms with van der Waals surface area (Å²) in [5, 5.41) is 25.2. The fourth-order valence-corrected chi connectivity index (χ4v) is 2.27. The predicted molar refractivity (Wildman–Crippen MR) is 77.6 cm³/mol. The number of aliphatic hydroxyl groups excluding tert-OH is 1. The average molecular weight is 334 g/mol. The van der Waals surface area contributed by atoms with Crippen LogP contribution in [0.3, 0.4) is 0 Å². The van der Waals surface area contributed by atoms with Crippen molar-refractivity contribution in [1.29, 1.82) is 5.26 Å². The number of anilines is 1. The summed E-state index contributed by atoms with van der Waals surface area (Å²) < 4.78 is 26.3. The van der Waals surface area contributed by atoms with E-state index in [1.54, 1.807) is 13.0 Å². The van der Waals surface area contributed by atoms with Crippen molar-refractivity contribution < 1.29 is 23.2 Å². The van der Waals surface area contributed by atoms with Crippen molar-refractivity contribution in [3.8, 4) is 6.07 Å². The molecule has 0 spiro atoms. The molecule has 0 saturated carbocycles. The van der Waals surface area contributed by atoms with Gasteiger partial charge in [-0.1, -0.05) is 5.16 Å². The van der Waals surface area contributed by atoms with Crippen molar-refractivity contribution >= 4 is 22.7 Å². The lowest BCUT2D eigenvalue weighted by Gasteiger charge is -2.15. The first-order valence-corrected chi connectivity index (χ1v) is 7.50. The van der Waals surface area contributed by atoms with Crippen LogP contribution in [0.5, 0.6) is 0 Å². The van der Waals surface area contributed by atoms with Gasteiger partial charge in [0.1, 0.15) is 11.9 Å². The van der Waals surface area contributed by atoms with Gasteiger partial charge in [-0.05, 0) is 42.3 Å². The Morgan fingerprint density at radius 1 is 1.48 bits per heavy atom. The largest absolute Gasteiger partial charge is 0.768 e. The molecule has 1 heterocycles. The van der Waals surface area contributed by atoms with Crippen molar-refractivity contribution in [3.05, 3.63) is 41.8 Å². The summed E-state index contributed by atoms with van der Waals surface area (Å²) in [5.74, 6) is -1.79. The van der Waals surface area contributed by atoms with Gasteiger partial charge in [-0.25, -0.2) is 0 Å². The van der Waals surface area contributed by atoms with Gasteiger partial charge in [0.2, 0.25) is 5.91 Å². The number of carbonyl (C=O) groups excluding carboxylic acids is 1. The second-order valence-corrected chi connectivity index (χ2v) is 5.58. The van der Waals surface area contributed by atoms with Crippen molar-refractivity contribution in [2.75, 3.05) is 5.32 Å². The molecular weight excluding hydrogens is 322 g/mol. The maximum Gasteiger partial charge on any atom is 0.244 e. The van der Waals surface area contributed by atoms with Gasteiger partial charge in [-0.2, -0.15) is 5.26 Å². The topological polar surface area (TPSA) is 139 Å². The van der Waals surface area contributed by atoms with Crippen LogP contribution in [0.15, 0.2) is 39.9 Å². The number of benzene rings is 1. The van der Waals surface area contributed by atoms with Crippen LogP contribution in [-0.4, -0.2) is 24.9 Å². The maximum atomic E-state index is 12.1. The first-order valence-electron chi connectivity index (χ1n) is 6.43. The summed E-state index contributed by atoms with van der Waals surface area (Å²) >= 11 is -2.36. The fraction of sp³-hybridized carbons (Fsp3) is 0.214. The molecule has 1 amide bonds. The number of aromatic nitrogens is 1. The van der Waals surface area contributed by atoms with Crippen molar-refractivity contribution in [1.82, 2.24) is 5.16 Å². The number of nitriles is 1. The van der Waals surface area contributed by atoms with Gasteiger partial charge < -0.3 is 19.5 Å². The van der Waals surface area contributed by atoms with Crippen LogP contribution >= 0.6 is 0 Å². The van der Waals surface area contributed by atoms with Crippen LogP contribution in [0, 0.1) is 24.2 Å². The lowest BCUT2D eigenvalue weighted by Crippen LogP contribution is -2.27. The zero-order valence-electron chi connectivity index (χ0n) is 11.9. The minimum atomic E-state index is -2.36. The second kappa shape index (κ2) is 7.15. The van der Waals surface area contributed by atoms with Crippen LogP contribution in [-0.2, 0) is 15.9 Å². The first kappa shape index (κ1) is 16.8. The highest BCUT2D eigenvalue weighted by Gasteiger charge is 2.30. The summed E-state index contributed by atoms with van der Waals surface area (Å²) in [4.78, 5) is 12.2. The molecule has 1 aromatic carbocycles. The van der Waals surface area contributed by atoms with Crippen molar-refractivity contribution in [2.24, 2.45) is 5.92 Å². The third-order valence-corrected chi connectivity index (χ3v) is 3.82. The lowest BCUT2D eigenvalue weighted by atomic mass is 9.97. The highest BCUT2D eigenvalue weighted by atomic mass is 32.2. The standard InChI is InChI=1S/C14H13N3O5S/c1-8-12(7-16-22-8)13(18)11(6-15)14(19)17-9-2-4-10(5-3-9)23(20)21/h2-5,7,11,13,18H,1H3,(H,17,19)(H,20,21)/p-1. The van der Waals surface area contributed by atoms with E-state index in [1.807, 2.05) is 0 Å². The molecule has 2 N–H and O–H groups in total. The van der Waals surface area contributed by atoms with Crippen LogP contribution in [0.2, 0.25) is 0 Å². The van der Waals surface area contributed by atoms with Crippen LogP contribution < -0.4 is 5.32 Å². The van der Waals surface area contributed by atoms with E-state index in [-0.39, 0.29) is 10.5 Å². The van der Waals surface area contributed by atoms with E-state index in [4.69, 9.17) is 9.78 Å². The number of nitrogens with one attached hydrogen (secondary N) is 1. The molecule has 2 rings (SSSR count). The smallest absolute Gasteiger partial charge is 0.244 e. The minimum Gasteiger partial charge on any atom is -0.768 e. The Hall–Kier alpha value is -2.54. The van der Waals surface area contributed by atoms with Gasteiger partial charge in [0.05, 0.1) is 12.3 Å². The number of carbonyl (C=O) groups is 1. The Labute approximate surface area is 134 Å². The Kier molecular flexibility index (Phi) is 5.23. The Balaban J connectivity index is 2.13. The van der Waals surface area contributed by atoms with E-state index in [0.29, 0.717) is 11.4 Å². The molecule has 0 aliphatic heterocycles. The van der Waals surface area contributed by atoms with E-state index in [2.05, 4.69) is 10.5 Å². The molecule has 8 nitrogen and oxygen atoms in total. The van der Waals surface area contributed by atoms with E-state index >= 15 is 0 Å². The molecule has 9 heteroatoms. The number of aliphatic hydroxyl groups is 1. The lowest BCUT2D eigenvalue weighted by molar-refractivity contribution is -0.121. The Morgan fingerprint density at radius 3 is 2.61 bits per heavy atom. The van der Waals surface area contributed by atoms with Gasteiger partial charge in [-0.3, -0.25) is 9.00 Å². The van der Waals surface area contributed by atoms with Crippen LogP contribution in [0.1, 0.15) is 17.4 Å². The summed E-state index contributed by atoms with van der Waals surface area (Å²) in [6, 6.07) is 7.12. The molecule has 23 heavy (non-hydrogen) atoms.